The van der Waals surface area contributed by atoms with Gasteiger partial charge in [-0.1, -0.05) is 48.0 Å². The number of hydrogen-bond acceptors (Lipinski definition) is 4. The Hall–Kier alpha value is -2.08. The molecule has 0 unspecified atom stereocenters. The van der Waals surface area contributed by atoms with Gasteiger partial charge >= 0.3 is 0 Å². The van der Waals surface area contributed by atoms with Crippen LogP contribution in [0.5, 0.6) is 0 Å². The van der Waals surface area contributed by atoms with Gasteiger partial charge in [0.2, 0.25) is 5.91 Å². The van der Waals surface area contributed by atoms with Gasteiger partial charge in [-0.05, 0) is 30.2 Å². The molecule has 2 aromatic rings. The Morgan fingerprint density at radius 2 is 1.47 bits per heavy atom. The molecule has 2 aromatic carbocycles. The zero-order valence-corrected chi connectivity index (χ0v) is 18.5. The van der Waals surface area contributed by atoms with Gasteiger partial charge in [-0.25, -0.2) is 0 Å². The van der Waals surface area contributed by atoms with Crippen molar-refractivity contribution in [3.63, 3.8) is 0 Å². The van der Waals surface area contributed by atoms with Crippen molar-refractivity contribution in [3.05, 3.63) is 64.7 Å². The van der Waals surface area contributed by atoms with Crippen LogP contribution in [-0.2, 0) is 11.3 Å². The number of para-hydroxylation sites is 1. The normalized spacial score (nSPS) is 18.6. The van der Waals surface area contributed by atoms with Gasteiger partial charge < -0.3 is 9.80 Å². The molecule has 2 fully saturated rings. The van der Waals surface area contributed by atoms with Crippen molar-refractivity contribution in [2.45, 2.75) is 13.5 Å². The second kappa shape index (κ2) is 9.82. The molecule has 0 aromatic heterocycles. The Kier molecular flexibility index (Phi) is 6.93. The van der Waals surface area contributed by atoms with E-state index < -0.39 is 0 Å². The number of carbonyl (C=O) groups is 1. The van der Waals surface area contributed by atoms with E-state index in [4.69, 9.17) is 11.6 Å². The fraction of sp³-hybridized carbons (Fsp3) is 0.458. The molecule has 0 radical (unpaired) electrons. The van der Waals surface area contributed by atoms with E-state index in [-0.39, 0.29) is 5.91 Å². The molecule has 30 heavy (non-hydrogen) atoms. The fourth-order valence-corrected chi connectivity index (χ4v) is 4.59. The molecule has 1 amide bonds. The molecule has 6 heteroatoms. The third kappa shape index (κ3) is 5.15. The summed E-state index contributed by atoms with van der Waals surface area (Å²) in [5.74, 6) is 0.251. The van der Waals surface area contributed by atoms with Crippen LogP contribution < -0.4 is 4.90 Å². The van der Waals surface area contributed by atoms with E-state index in [1.807, 2.05) is 23.1 Å². The summed E-state index contributed by atoms with van der Waals surface area (Å²) < 4.78 is 0. The number of anilines is 1. The Morgan fingerprint density at radius 1 is 0.833 bits per heavy atom. The number of nitrogens with zero attached hydrogens (tertiary/aromatic N) is 4. The molecule has 0 saturated carbocycles. The highest BCUT2D eigenvalue weighted by Gasteiger charge is 2.25. The molecule has 4 rings (SSSR count). The van der Waals surface area contributed by atoms with E-state index in [9.17, 15) is 4.79 Å². The third-order valence-electron chi connectivity index (χ3n) is 6.30. The molecule has 2 saturated heterocycles. The standard InChI is InChI=1S/C24H31ClN4O/c1-20-6-2-3-7-21(20)18-26-10-12-27(13-11-26)19-24(30)29-16-14-28(15-17-29)23-9-5-4-8-22(23)25/h2-9H,10-19H2,1H3. The SMILES string of the molecule is Cc1ccccc1CN1CCN(CC(=O)N2CCN(c3ccccc3Cl)CC2)CC1. The fourth-order valence-electron chi connectivity index (χ4n) is 4.33. The maximum absolute atomic E-state index is 12.8. The van der Waals surface area contributed by atoms with Gasteiger partial charge in [0.05, 0.1) is 17.3 Å². The molecular weight excluding hydrogens is 396 g/mol. The van der Waals surface area contributed by atoms with E-state index in [1.165, 1.54) is 11.1 Å². The number of amides is 1. The average molecular weight is 427 g/mol. The molecule has 2 aliphatic heterocycles. The molecular formula is C24H31ClN4O. The first kappa shape index (κ1) is 21.2. The minimum atomic E-state index is 0.251. The van der Waals surface area contributed by atoms with Crippen LogP contribution in [0.15, 0.2) is 48.5 Å². The monoisotopic (exact) mass is 426 g/mol. The smallest absolute Gasteiger partial charge is 0.236 e. The molecule has 0 aliphatic carbocycles. The van der Waals surface area contributed by atoms with Crippen LogP contribution in [0.4, 0.5) is 5.69 Å². The Morgan fingerprint density at radius 3 is 2.17 bits per heavy atom. The van der Waals surface area contributed by atoms with Crippen LogP contribution in [0.2, 0.25) is 5.02 Å². The van der Waals surface area contributed by atoms with Crippen LogP contribution in [-0.4, -0.2) is 79.5 Å². The summed E-state index contributed by atoms with van der Waals surface area (Å²) in [4.78, 5) is 21.9. The summed E-state index contributed by atoms with van der Waals surface area (Å²) in [6.45, 7) is 10.8. The van der Waals surface area contributed by atoms with Crippen molar-refractivity contribution in [1.82, 2.24) is 14.7 Å². The highest BCUT2D eigenvalue weighted by molar-refractivity contribution is 6.33. The quantitative estimate of drug-likeness (QED) is 0.734. The first-order chi connectivity index (χ1) is 14.6. The lowest BCUT2D eigenvalue weighted by Crippen LogP contribution is -2.53. The third-order valence-corrected chi connectivity index (χ3v) is 6.62. The van der Waals surface area contributed by atoms with Crippen molar-refractivity contribution in [2.75, 3.05) is 63.8 Å². The maximum Gasteiger partial charge on any atom is 0.236 e. The number of benzene rings is 2. The van der Waals surface area contributed by atoms with Crippen molar-refractivity contribution in [3.8, 4) is 0 Å². The molecule has 160 valence electrons. The molecule has 2 aliphatic rings. The van der Waals surface area contributed by atoms with Crippen molar-refractivity contribution < 1.29 is 4.79 Å². The summed E-state index contributed by atoms with van der Waals surface area (Å²) in [6.07, 6.45) is 0. The van der Waals surface area contributed by atoms with E-state index in [0.717, 1.165) is 69.6 Å². The summed E-state index contributed by atoms with van der Waals surface area (Å²) in [6, 6.07) is 16.5. The van der Waals surface area contributed by atoms with Gasteiger partial charge in [0.1, 0.15) is 0 Å². The van der Waals surface area contributed by atoms with Crippen LogP contribution in [0.1, 0.15) is 11.1 Å². The molecule has 0 atom stereocenters. The Labute approximate surface area is 184 Å². The van der Waals surface area contributed by atoms with Gasteiger partial charge in [0, 0.05) is 58.9 Å². The van der Waals surface area contributed by atoms with Crippen LogP contribution in [0.25, 0.3) is 0 Å². The van der Waals surface area contributed by atoms with Gasteiger partial charge in [0.25, 0.3) is 0 Å². The zero-order valence-electron chi connectivity index (χ0n) is 17.8. The minimum Gasteiger partial charge on any atom is -0.367 e. The van der Waals surface area contributed by atoms with Crippen molar-refractivity contribution >= 4 is 23.2 Å². The Balaban J connectivity index is 1.21. The lowest BCUT2D eigenvalue weighted by Gasteiger charge is -2.39. The molecule has 0 spiro atoms. The lowest BCUT2D eigenvalue weighted by molar-refractivity contribution is -0.133. The molecule has 0 bridgehead atoms. The first-order valence-corrected chi connectivity index (χ1v) is 11.2. The second-order valence-corrected chi connectivity index (χ2v) is 8.71. The number of halogens is 1. The predicted octanol–water partition coefficient (Wildman–Crippen LogP) is 3.11. The zero-order chi connectivity index (χ0) is 20.9. The lowest BCUT2D eigenvalue weighted by atomic mass is 10.1. The van der Waals surface area contributed by atoms with E-state index in [2.05, 4.69) is 52.0 Å². The van der Waals surface area contributed by atoms with Gasteiger partial charge in [0.15, 0.2) is 0 Å². The second-order valence-electron chi connectivity index (χ2n) is 8.30. The number of carbonyl (C=O) groups excluding carboxylic acids is 1. The first-order valence-electron chi connectivity index (χ1n) is 10.9. The number of aryl methyl sites for hydroxylation is 1. The highest BCUT2D eigenvalue weighted by atomic mass is 35.5. The largest absolute Gasteiger partial charge is 0.367 e. The summed E-state index contributed by atoms with van der Waals surface area (Å²) in [7, 11) is 0. The topological polar surface area (TPSA) is 30.0 Å². The highest BCUT2D eigenvalue weighted by Crippen LogP contribution is 2.26. The van der Waals surface area contributed by atoms with Crippen LogP contribution in [0.3, 0.4) is 0 Å². The van der Waals surface area contributed by atoms with E-state index >= 15 is 0 Å². The van der Waals surface area contributed by atoms with Crippen molar-refractivity contribution in [2.24, 2.45) is 0 Å². The maximum atomic E-state index is 12.8. The number of rotatable bonds is 5. The molecule has 5 nitrogen and oxygen atoms in total. The van der Waals surface area contributed by atoms with E-state index in [0.29, 0.717) is 6.54 Å². The molecule has 2 heterocycles. The Bertz CT molecular complexity index is 858. The summed E-state index contributed by atoms with van der Waals surface area (Å²) >= 11 is 6.32. The predicted molar refractivity (Wildman–Crippen MR) is 123 cm³/mol. The molecule has 0 N–H and O–H groups in total. The van der Waals surface area contributed by atoms with Crippen LogP contribution in [0, 0.1) is 6.92 Å². The number of hydrogen-bond donors (Lipinski definition) is 0. The summed E-state index contributed by atoms with van der Waals surface area (Å²) in [5.41, 5.74) is 3.82. The van der Waals surface area contributed by atoms with Crippen LogP contribution >= 0.6 is 11.6 Å². The summed E-state index contributed by atoms with van der Waals surface area (Å²) in [5, 5.41) is 0.779. The minimum absolute atomic E-state index is 0.251. The average Bonchev–Trinajstić information content (AvgIpc) is 2.77. The number of piperazine rings is 2. The van der Waals surface area contributed by atoms with E-state index in [1.54, 1.807) is 0 Å². The van der Waals surface area contributed by atoms with Gasteiger partial charge in [-0.2, -0.15) is 0 Å². The van der Waals surface area contributed by atoms with Crippen molar-refractivity contribution in [1.29, 1.82) is 0 Å². The van der Waals surface area contributed by atoms with Gasteiger partial charge in [-0.15, -0.1) is 0 Å². The van der Waals surface area contributed by atoms with Gasteiger partial charge in [-0.3, -0.25) is 14.6 Å².